The molecule has 0 fully saturated rings. The molecule has 0 spiro atoms. The van der Waals surface area contributed by atoms with Crippen molar-refractivity contribution in [2.75, 3.05) is 7.11 Å². The normalized spacial score (nSPS) is 10.2. The molecule has 0 bridgehead atoms. The summed E-state index contributed by atoms with van der Waals surface area (Å²) < 4.78 is 18.4. The molecule has 0 N–H and O–H groups in total. The van der Waals surface area contributed by atoms with Crippen LogP contribution in [0, 0.1) is 12.7 Å². The van der Waals surface area contributed by atoms with E-state index in [-0.39, 0.29) is 5.82 Å². The fourth-order valence-electron chi connectivity index (χ4n) is 2.00. The van der Waals surface area contributed by atoms with Crippen molar-refractivity contribution in [3.05, 3.63) is 53.3 Å². The van der Waals surface area contributed by atoms with Crippen molar-refractivity contribution in [2.24, 2.45) is 0 Å². The lowest BCUT2D eigenvalue weighted by Gasteiger charge is -2.10. The Bertz CT molecular complexity index is 591. The van der Waals surface area contributed by atoms with Crippen LogP contribution in [0.5, 0.6) is 5.75 Å². The van der Waals surface area contributed by atoms with E-state index in [0.29, 0.717) is 11.3 Å². The van der Waals surface area contributed by atoms with Crippen molar-refractivity contribution in [3.63, 3.8) is 0 Å². The highest BCUT2D eigenvalue weighted by molar-refractivity contribution is 5.84. The summed E-state index contributed by atoms with van der Waals surface area (Å²) in [5, 5.41) is 0. The van der Waals surface area contributed by atoms with Crippen molar-refractivity contribution in [1.29, 1.82) is 0 Å². The summed E-state index contributed by atoms with van der Waals surface area (Å²) in [4.78, 5) is 11.0. The number of ether oxygens (including phenoxy) is 1. The quantitative estimate of drug-likeness (QED) is 0.771. The zero-order valence-corrected chi connectivity index (χ0v) is 10.2. The minimum atomic E-state index is -0.298. The zero-order valence-electron chi connectivity index (χ0n) is 10.2. The van der Waals surface area contributed by atoms with Crippen LogP contribution in [0.25, 0.3) is 11.1 Å². The van der Waals surface area contributed by atoms with Gasteiger partial charge < -0.3 is 4.74 Å². The molecule has 2 rings (SSSR count). The van der Waals surface area contributed by atoms with Gasteiger partial charge in [0.15, 0.2) is 6.29 Å². The molecule has 0 aliphatic carbocycles. The fraction of sp³-hybridized carbons (Fsp3) is 0.133. The number of carbonyl (C=O) groups excluding carboxylic acids is 1. The Morgan fingerprint density at radius 3 is 2.56 bits per heavy atom. The highest BCUT2D eigenvalue weighted by atomic mass is 19.1. The van der Waals surface area contributed by atoms with Gasteiger partial charge in [0.05, 0.1) is 12.7 Å². The number of hydrogen-bond donors (Lipinski definition) is 0. The molecule has 0 unspecified atom stereocenters. The van der Waals surface area contributed by atoms with Gasteiger partial charge in [0.2, 0.25) is 0 Å². The lowest BCUT2D eigenvalue weighted by atomic mass is 9.99. The number of methoxy groups -OCH3 is 1. The maximum absolute atomic E-state index is 13.2. The lowest BCUT2D eigenvalue weighted by Crippen LogP contribution is -1.95. The van der Waals surface area contributed by atoms with Crippen LogP contribution in [0.2, 0.25) is 0 Å². The molecule has 0 amide bonds. The van der Waals surface area contributed by atoms with E-state index in [1.165, 1.54) is 19.2 Å². The molecule has 0 aromatic heterocycles. The predicted octanol–water partition coefficient (Wildman–Crippen LogP) is 3.62. The third kappa shape index (κ3) is 2.25. The fourth-order valence-corrected chi connectivity index (χ4v) is 2.00. The minimum Gasteiger partial charge on any atom is -0.496 e. The Labute approximate surface area is 105 Å². The van der Waals surface area contributed by atoms with Gasteiger partial charge in [0.1, 0.15) is 11.6 Å². The van der Waals surface area contributed by atoms with Gasteiger partial charge in [-0.15, -0.1) is 0 Å². The van der Waals surface area contributed by atoms with E-state index in [2.05, 4.69) is 0 Å². The molecule has 0 aliphatic rings. The first-order chi connectivity index (χ1) is 8.65. The number of aryl methyl sites for hydroxylation is 1. The summed E-state index contributed by atoms with van der Waals surface area (Å²) in [5.74, 6) is 0.263. The Hall–Kier alpha value is -2.16. The van der Waals surface area contributed by atoms with Gasteiger partial charge in [0.25, 0.3) is 0 Å². The predicted molar refractivity (Wildman–Crippen MR) is 68.5 cm³/mol. The van der Waals surface area contributed by atoms with E-state index >= 15 is 0 Å². The Kier molecular flexibility index (Phi) is 3.42. The maximum atomic E-state index is 13.2. The second-order valence-corrected chi connectivity index (χ2v) is 4.04. The zero-order chi connectivity index (χ0) is 13.1. The molecule has 3 heteroatoms. The minimum absolute atomic E-state index is 0.298. The molecule has 0 atom stereocenters. The smallest absolute Gasteiger partial charge is 0.153 e. The number of carbonyl (C=O) groups is 1. The van der Waals surface area contributed by atoms with Crippen LogP contribution in [0.1, 0.15) is 15.9 Å². The van der Waals surface area contributed by atoms with Crippen molar-refractivity contribution >= 4 is 6.29 Å². The molecular formula is C15H13FO2. The average molecular weight is 244 g/mol. The van der Waals surface area contributed by atoms with E-state index < -0.39 is 0 Å². The van der Waals surface area contributed by atoms with Gasteiger partial charge in [-0.1, -0.05) is 12.1 Å². The van der Waals surface area contributed by atoms with E-state index in [1.54, 1.807) is 18.2 Å². The lowest BCUT2D eigenvalue weighted by molar-refractivity contribution is 0.112. The third-order valence-electron chi connectivity index (χ3n) is 2.79. The van der Waals surface area contributed by atoms with Crippen LogP contribution in [-0.2, 0) is 0 Å². The summed E-state index contributed by atoms with van der Waals surface area (Å²) in [7, 11) is 1.52. The van der Waals surface area contributed by atoms with Crippen molar-refractivity contribution in [3.8, 4) is 16.9 Å². The van der Waals surface area contributed by atoms with Gasteiger partial charge in [-0.2, -0.15) is 0 Å². The van der Waals surface area contributed by atoms with Crippen LogP contribution < -0.4 is 4.74 Å². The van der Waals surface area contributed by atoms with Gasteiger partial charge in [-0.3, -0.25) is 4.79 Å². The van der Waals surface area contributed by atoms with Crippen LogP contribution in [0.4, 0.5) is 4.39 Å². The summed E-state index contributed by atoms with van der Waals surface area (Å²) >= 11 is 0. The summed E-state index contributed by atoms with van der Waals surface area (Å²) in [6, 6.07) is 9.86. The molecule has 0 aliphatic heterocycles. The first kappa shape index (κ1) is 12.3. The molecule has 2 nitrogen and oxygen atoms in total. The van der Waals surface area contributed by atoms with Crippen molar-refractivity contribution in [2.45, 2.75) is 6.92 Å². The molecule has 92 valence electrons. The summed E-state index contributed by atoms with van der Waals surface area (Å²) in [6.07, 6.45) is 0.745. The van der Waals surface area contributed by atoms with Gasteiger partial charge in [-0.05, 0) is 47.9 Å². The molecule has 0 radical (unpaired) electrons. The highest BCUT2D eigenvalue weighted by Gasteiger charge is 2.09. The maximum Gasteiger partial charge on any atom is 0.153 e. The second-order valence-electron chi connectivity index (χ2n) is 4.04. The Morgan fingerprint density at radius 1 is 1.17 bits per heavy atom. The first-order valence-electron chi connectivity index (χ1n) is 5.55. The number of benzene rings is 2. The third-order valence-corrected chi connectivity index (χ3v) is 2.79. The SMILES string of the molecule is COc1c(C)cc(-c2cccc(F)c2)cc1C=O. The number of rotatable bonds is 3. The van der Waals surface area contributed by atoms with Gasteiger partial charge in [-0.25, -0.2) is 4.39 Å². The van der Waals surface area contributed by atoms with Crippen LogP contribution in [0.15, 0.2) is 36.4 Å². The Morgan fingerprint density at radius 2 is 1.94 bits per heavy atom. The largest absolute Gasteiger partial charge is 0.496 e. The van der Waals surface area contributed by atoms with Crippen LogP contribution >= 0.6 is 0 Å². The van der Waals surface area contributed by atoms with Crippen molar-refractivity contribution < 1.29 is 13.9 Å². The average Bonchev–Trinajstić information content (AvgIpc) is 2.37. The van der Waals surface area contributed by atoms with E-state index in [0.717, 1.165) is 23.0 Å². The van der Waals surface area contributed by atoms with Crippen molar-refractivity contribution in [1.82, 2.24) is 0 Å². The summed E-state index contributed by atoms with van der Waals surface area (Å²) in [6.45, 7) is 1.86. The van der Waals surface area contributed by atoms with E-state index in [1.807, 2.05) is 13.0 Å². The number of hydrogen-bond acceptors (Lipinski definition) is 2. The molecule has 2 aromatic carbocycles. The van der Waals surface area contributed by atoms with Gasteiger partial charge >= 0.3 is 0 Å². The Balaban J connectivity index is 2.59. The molecule has 2 aromatic rings. The van der Waals surface area contributed by atoms with Gasteiger partial charge in [0, 0.05) is 0 Å². The molecular weight excluding hydrogens is 231 g/mol. The number of aldehydes is 1. The molecule has 0 saturated heterocycles. The van der Waals surface area contributed by atoms with E-state index in [4.69, 9.17) is 4.74 Å². The first-order valence-corrected chi connectivity index (χ1v) is 5.55. The molecule has 18 heavy (non-hydrogen) atoms. The van der Waals surface area contributed by atoms with Crippen LogP contribution in [0.3, 0.4) is 0 Å². The molecule has 0 heterocycles. The monoisotopic (exact) mass is 244 g/mol. The van der Waals surface area contributed by atoms with Crippen LogP contribution in [-0.4, -0.2) is 13.4 Å². The topological polar surface area (TPSA) is 26.3 Å². The summed E-state index contributed by atoms with van der Waals surface area (Å²) in [5.41, 5.74) is 2.86. The molecule has 0 saturated carbocycles. The highest BCUT2D eigenvalue weighted by Crippen LogP contribution is 2.29. The number of halogens is 1. The standard InChI is InChI=1S/C15H13FO2/c1-10-6-12(7-13(9-17)15(10)18-2)11-4-3-5-14(16)8-11/h3-9H,1-2H3. The second kappa shape index (κ2) is 5.00. The van der Waals surface area contributed by atoms with E-state index in [9.17, 15) is 9.18 Å².